The van der Waals surface area contributed by atoms with E-state index in [1.807, 2.05) is 11.8 Å². The van der Waals surface area contributed by atoms with Crippen LogP contribution in [0.5, 0.6) is 0 Å². The summed E-state index contributed by atoms with van der Waals surface area (Å²) in [5.74, 6) is 0. The number of rotatable bonds is 0. The quantitative estimate of drug-likeness (QED) is 0.520. The van der Waals surface area contributed by atoms with Gasteiger partial charge in [-0.15, -0.1) is 11.8 Å². The number of thioether (sulfide) groups is 1. The zero-order valence-corrected chi connectivity index (χ0v) is 6.64. The lowest BCUT2D eigenvalue weighted by Gasteiger charge is -2.25. The number of likely N-dealkylation sites (N-methyl/N-ethyl adjacent to an activating group) is 1. The van der Waals surface area contributed by atoms with Crippen molar-refractivity contribution in [2.45, 2.75) is 5.37 Å². The summed E-state index contributed by atoms with van der Waals surface area (Å²) in [7, 11) is 2.11. The highest BCUT2D eigenvalue weighted by Crippen LogP contribution is 2.33. The molecular weight excluding hydrogens is 142 g/mol. The molecule has 1 unspecified atom stereocenters. The molecule has 0 bridgehead atoms. The summed E-state index contributed by atoms with van der Waals surface area (Å²) in [6, 6.07) is 0. The fraction of sp³-hybridized carbons (Fsp3) is 0.250. The van der Waals surface area contributed by atoms with Crippen molar-refractivity contribution in [2.24, 2.45) is 0 Å². The second kappa shape index (κ2) is 2.20. The Morgan fingerprint density at radius 3 is 3.30 bits per heavy atom. The zero-order chi connectivity index (χ0) is 6.97. The molecule has 0 saturated heterocycles. The second-order valence-corrected chi connectivity index (χ2v) is 3.46. The van der Waals surface area contributed by atoms with Crippen LogP contribution in [0.1, 0.15) is 0 Å². The Morgan fingerprint density at radius 2 is 2.50 bits per heavy atom. The van der Waals surface area contributed by atoms with Gasteiger partial charge in [0.1, 0.15) is 5.37 Å². The molecule has 0 spiro atoms. The lowest BCUT2D eigenvalue weighted by molar-refractivity contribution is 0.466. The molecule has 52 valence electrons. The molecule has 10 heavy (non-hydrogen) atoms. The monoisotopic (exact) mass is 151 g/mol. The maximum Gasteiger partial charge on any atom is 0.104 e. The summed E-state index contributed by atoms with van der Waals surface area (Å²) in [5, 5.41) is 2.70. The first-order valence-electron chi connectivity index (χ1n) is 3.30. The Bertz CT molecular complexity index is 227. The van der Waals surface area contributed by atoms with Gasteiger partial charge in [-0.2, -0.15) is 0 Å². The van der Waals surface area contributed by atoms with Gasteiger partial charge in [-0.25, -0.2) is 0 Å². The van der Waals surface area contributed by atoms with Gasteiger partial charge in [0.05, 0.1) is 0 Å². The Balaban J connectivity index is 2.31. The molecular formula is C8H9NS. The number of fused-ring (bicyclic) bond motifs is 1. The lowest BCUT2D eigenvalue weighted by Crippen LogP contribution is -2.24. The third-order valence-corrected chi connectivity index (χ3v) is 2.89. The molecule has 0 fully saturated rings. The van der Waals surface area contributed by atoms with Crippen molar-refractivity contribution in [1.82, 2.24) is 4.90 Å². The van der Waals surface area contributed by atoms with Crippen LogP contribution in [-0.4, -0.2) is 17.3 Å². The van der Waals surface area contributed by atoms with E-state index in [2.05, 4.69) is 41.8 Å². The van der Waals surface area contributed by atoms with E-state index in [0.29, 0.717) is 5.37 Å². The van der Waals surface area contributed by atoms with Crippen molar-refractivity contribution in [1.29, 1.82) is 0 Å². The minimum Gasteiger partial charge on any atom is -0.364 e. The standard InChI is InChI=1S/C8H9NS/c1-9-5-2-3-7-4-6-10-8(7)9/h2-6,8H,1H3. The molecule has 2 rings (SSSR count). The van der Waals surface area contributed by atoms with Crippen molar-refractivity contribution in [3.63, 3.8) is 0 Å². The highest BCUT2D eigenvalue weighted by Gasteiger charge is 2.20. The second-order valence-electron chi connectivity index (χ2n) is 2.46. The Morgan fingerprint density at radius 1 is 1.60 bits per heavy atom. The molecule has 1 nitrogen and oxygen atoms in total. The minimum atomic E-state index is 0.546. The number of hydrogen-bond donors (Lipinski definition) is 0. The van der Waals surface area contributed by atoms with Gasteiger partial charge in [0.2, 0.25) is 0 Å². The third kappa shape index (κ3) is 0.797. The van der Waals surface area contributed by atoms with E-state index in [4.69, 9.17) is 0 Å². The highest BCUT2D eigenvalue weighted by molar-refractivity contribution is 8.03. The fourth-order valence-corrected chi connectivity index (χ4v) is 2.15. The first kappa shape index (κ1) is 6.10. The van der Waals surface area contributed by atoms with Gasteiger partial charge in [0, 0.05) is 13.2 Å². The number of allylic oxidation sites excluding steroid dienone is 2. The van der Waals surface area contributed by atoms with Crippen molar-refractivity contribution in [3.05, 3.63) is 35.4 Å². The number of nitrogens with zero attached hydrogens (tertiary/aromatic N) is 1. The maximum absolute atomic E-state index is 2.22. The molecule has 0 aromatic heterocycles. The Hall–Kier alpha value is -0.630. The van der Waals surface area contributed by atoms with Crippen LogP contribution >= 0.6 is 11.8 Å². The summed E-state index contributed by atoms with van der Waals surface area (Å²) >= 11 is 1.86. The van der Waals surface area contributed by atoms with Gasteiger partial charge in [0.25, 0.3) is 0 Å². The van der Waals surface area contributed by atoms with Crippen LogP contribution in [0.3, 0.4) is 0 Å². The van der Waals surface area contributed by atoms with E-state index < -0.39 is 0 Å². The smallest absolute Gasteiger partial charge is 0.104 e. The largest absolute Gasteiger partial charge is 0.364 e. The molecule has 0 N–H and O–H groups in total. The van der Waals surface area contributed by atoms with Gasteiger partial charge in [0.15, 0.2) is 0 Å². The summed E-state index contributed by atoms with van der Waals surface area (Å²) in [6.45, 7) is 0. The molecule has 2 aliphatic rings. The van der Waals surface area contributed by atoms with E-state index in [9.17, 15) is 0 Å². The van der Waals surface area contributed by atoms with Crippen LogP contribution in [0.4, 0.5) is 0 Å². The molecule has 0 saturated carbocycles. The molecule has 0 aliphatic carbocycles. The van der Waals surface area contributed by atoms with E-state index >= 15 is 0 Å². The zero-order valence-electron chi connectivity index (χ0n) is 5.82. The van der Waals surface area contributed by atoms with E-state index in [-0.39, 0.29) is 0 Å². The maximum atomic E-state index is 2.22. The van der Waals surface area contributed by atoms with Gasteiger partial charge in [-0.3, -0.25) is 0 Å². The first-order valence-corrected chi connectivity index (χ1v) is 4.24. The van der Waals surface area contributed by atoms with E-state index in [1.165, 1.54) is 5.57 Å². The van der Waals surface area contributed by atoms with Crippen LogP contribution in [0.15, 0.2) is 35.4 Å². The molecule has 2 aliphatic heterocycles. The molecule has 1 atom stereocenters. The molecule has 0 amide bonds. The topological polar surface area (TPSA) is 3.24 Å². The predicted octanol–water partition coefficient (Wildman–Crippen LogP) is 1.96. The van der Waals surface area contributed by atoms with Gasteiger partial charge in [-0.05, 0) is 23.1 Å². The molecule has 2 heteroatoms. The first-order chi connectivity index (χ1) is 4.88. The van der Waals surface area contributed by atoms with Gasteiger partial charge in [-0.1, -0.05) is 6.08 Å². The highest BCUT2D eigenvalue weighted by atomic mass is 32.2. The van der Waals surface area contributed by atoms with Crippen molar-refractivity contribution in [2.75, 3.05) is 7.05 Å². The van der Waals surface area contributed by atoms with Crippen LogP contribution in [0.2, 0.25) is 0 Å². The summed E-state index contributed by atoms with van der Waals surface area (Å²) < 4.78 is 0. The SMILES string of the molecule is CN1C=CC=C2C=CSC21. The summed E-state index contributed by atoms with van der Waals surface area (Å²) in [4.78, 5) is 2.22. The average Bonchev–Trinajstić information content (AvgIpc) is 2.36. The van der Waals surface area contributed by atoms with Crippen molar-refractivity contribution < 1.29 is 0 Å². The van der Waals surface area contributed by atoms with E-state index in [0.717, 1.165) is 0 Å². The molecule has 0 aromatic rings. The third-order valence-electron chi connectivity index (χ3n) is 1.73. The molecule has 0 aromatic carbocycles. The van der Waals surface area contributed by atoms with Crippen molar-refractivity contribution in [3.8, 4) is 0 Å². The van der Waals surface area contributed by atoms with Gasteiger partial charge < -0.3 is 4.90 Å². The van der Waals surface area contributed by atoms with Crippen LogP contribution in [0, 0.1) is 0 Å². The predicted molar refractivity (Wildman–Crippen MR) is 45.5 cm³/mol. The fourth-order valence-electron chi connectivity index (χ4n) is 1.19. The molecule has 0 radical (unpaired) electrons. The summed E-state index contributed by atoms with van der Waals surface area (Å²) in [6.07, 6.45) is 8.53. The van der Waals surface area contributed by atoms with Crippen LogP contribution < -0.4 is 0 Å². The van der Waals surface area contributed by atoms with Crippen molar-refractivity contribution >= 4 is 11.8 Å². The van der Waals surface area contributed by atoms with Crippen LogP contribution in [0.25, 0.3) is 0 Å². The van der Waals surface area contributed by atoms with Crippen LogP contribution in [-0.2, 0) is 0 Å². The minimum absolute atomic E-state index is 0.546. The van der Waals surface area contributed by atoms with Gasteiger partial charge >= 0.3 is 0 Å². The Labute approximate surface area is 65.1 Å². The summed E-state index contributed by atoms with van der Waals surface area (Å²) in [5.41, 5.74) is 1.41. The van der Waals surface area contributed by atoms with E-state index in [1.54, 1.807) is 0 Å². The normalized spacial score (nSPS) is 28.7. The molecule has 2 heterocycles. The lowest BCUT2D eigenvalue weighted by atomic mass is 10.2. The Kier molecular flexibility index (Phi) is 1.34. The average molecular weight is 151 g/mol. The number of hydrogen-bond acceptors (Lipinski definition) is 2.